The predicted molar refractivity (Wildman–Crippen MR) is 112 cm³/mol. The first-order valence-corrected chi connectivity index (χ1v) is 9.52. The van der Waals surface area contributed by atoms with Crippen molar-refractivity contribution in [3.05, 3.63) is 74.1 Å². The van der Waals surface area contributed by atoms with Crippen molar-refractivity contribution < 1.29 is 9.66 Å². The van der Waals surface area contributed by atoms with E-state index >= 15 is 0 Å². The molecule has 0 N–H and O–H groups in total. The molecule has 0 atom stereocenters. The molecule has 29 heavy (non-hydrogen) atoms. The summed E-state index contributed by atoms with van der Waals surface area (Å²) in [5.74, 6) is 1.23. The first-order valence-electron chi connectivity index (χ1n) is 8.44. The Bertz CT molecular complexity index is 1150. The molecule has 11 heteroatoms. The molecule has 2 heterocycles. The summed E-state index contributed by atoms with van der Waals surface area (Å²) in [7, 11) is 1.62. The van der Waals surface area contributed by atoms with E-state index in [9.17, 15) is 10.1 Å². The first-order chi connectivity index (χ1) is 14.0. The van der Waals surface area contributed by atoms with Crippen molar-refractivity contribution in [2.45, 2.75) is 6.54 Å². The van der Waals surface area contributed by atoms with E-state index in [1.807, 2.05) is 24.3 Å². The van der Waals surface area contributed by atoms with E-state index in [0.29, 0.717) is 12.4 Å². The van der Waals surface area contributed by atoms with Crippen molar-refractivity contribution in [2.24, 2.45) is 0 Å². The van der Waals surface area contributed by atoms with Crippen LogP contribution in [0.2, 0.25) is 0 Å². The average molecular weight is 503 g/mol. The second kappa shape index (κ2) is 7.95. The van der Waals surface area contributed by atoms with Crippen molar-refractivity contribution in [1.82, 2.24) is 30.0 Å². The highest BCUT2D eigenvalue weighted by Gasteiger charge is 2.16. The standard InChI is InChI=1S/C18H14IN7O3/c1-29-15-8-6-13(7-9-15)25-17(19)16(10-20-25)18-21-23-24(22-18)11-12-2-4-14(5-3-12)26(27)28/h2-10H,11H2,1H3. The molecule has 0 aliphatic carbocycles. The van der Waals surface area contributed by atoms with Gasteiger partial charge in [0.15, 0.2) is 0 Å². The quantitative estimate of drug-likeness (QED) is 0.226. The SMILES string of the molecule is COc1ccc(-n2ncc(-c3nnn(Cc4ccc([N+](=O)[O-])cc4)n3)c2I)cc1. The van der Waals surface area contributed by atoms with Gasteiger partial charge in [-0.2, -0.15) is 9.90 Å². The molecule has 0 saturated carbocycles. The van der Waals surface area contributed by atoms with E-state index in [2.05, 4.69) is 43.1 Å². The van der Waals surface area contributed by atoms with Crippen molar-refractivity contribution in [3.8, 4) is 22.8 Å². The first kappa shape index (κ1) is 19.0. The minimum Gasteiger partial charge on any atom is -0.497 e. The molecule has 0 radical (unpaired) electrons. The Morgan fingerprint density at radius 2 is 1.86 bits per heavy atom. The Kier molecular flexibility index (Phi) is 5.20. The summed E-state index contributed by atoms with van der Waals surface area (Å²) < 4.78 is 7.82. The Balaban J connectivity index is 1.55. The second-order valence-electron chi connectivity index (χ2n) is 6.03. The van der Waals surface area contributed by atoms with Gasteiger partial charge in [-0.15, -0.1) is 10.2 Å². The number of benzene rings is 2. The van der Waals surface area contributed by atoms with E-state index in [-0.39, 0.29) is 5.69 Å². The van der Waals surface area contributed by atoms with Crippen LogP contribution in [-0.2, 0) is 6.54 Å². The van der Waals surface area contributed by atoms with Crippen LogP contribution in [0, 0.1) is 13.8 Å². The lowest BCUT2D eigenvalue weighted by Gasteiger charge is -2.05. The third-order valence-electron chi connectivity index (χ3n) is 4.19. The monoisotopic (exact) mass is 503 g/mol. The van der Waals surface area contributed by atoms with Gasteiger partial charge in [0.1, 0.15) is 9.45 Å². The van der Waals surface area contributed by atoms with E-state index in [4.69, 9.17) is 4.74 Å². The van der Waals surface area contributed by atoms with Gasteiger partial charge in [-0.05, 0) is 57.6 Å². The zero-order valence-corrected chi connectivity index (χ0v) is 17.3. The van der Waals surface area contributed by atoms with E-state index in [0.717, 1.165) is 26.3 Å². The number of non-ortho nitro benzene ring substituents is 1. The second-order valence-corrected chi connectivity index (χ2v) is 7.05. The lowest BCUT2D eigenvalue weighted by Crippen LogP contribution is -2.04. The highest BCUT2D eigenvalue weighted by molar-refractivity contribution is 14.1. The van der Waals surface area contributed by atoms with Crippen LogP contribution in [0.3, 0.4) is 0 Å². The van der Waals surface area contributed by atoms with Crippen LogP contribution < -0.4 is 4.74 Å². The molecule has 4 aromatic rings. The fraction of sp³-hybridized carbons (Fsp3) is 0.111. The molecule has 0 spiro atoms. The molecule has 0 fully saturated rings. The van der Waals surface area contributed by atoms with E-state index in [1.165, 1.54) is 16.9 Å². The molecule has 4 rings (SSSR count). The molecule has 10 nitrogen and oxygen atoms in total. The van der Waals surface area contributed by atoms with Gasteiger partial charge in [-0.25, -0.2) is 4.68 Å². The van der Waals surface area contributed by atoms with Gasteiger partial charge in [0.2, 0.25) is 5.82 Å². The summed E-state index contributed by atoms with van der Waals surface area (Å²) >= 11 is 2.19. The van der Waals surface area contributed by atoms with Gasteiger partial charge < -0.3 is 4.74 Å². The minimum absolute atomic E-state index is 0.0430. The van der Waals surface area contributed by atoms with Crippen LogP contribution in [0.25, 0.3) is 17.1 Å². The number of hydrogen-bond donors (Lipinski definition) is 0. The third kappa shape index (κ3) is 3.94. The molecule has 146 valence electrons. The maximum Gasteiger partial charge on any atom is 0.269 e. The molecule has 0 bridgehead atoms. The van der Waals surface area contributed by atoms with Crippen LogP contribution in [0.1, 0.15) is 5.56 Å². The molecular formula is C18H14IN7O3. The number of nitrogens with zero attached hydrogens (tertiary/aromatic N) is 7. The number of nitro groups is 1. The number of hydrogen-bond acceptors (Lipinski definition) is 7. The van der Waals surface area contributed by atoms with Gasteiger partial charge in [-0.3, -0.25) is 10.1 Å². The average Bonchev–Trinajstić information content (AvgIpc) is 3.35. The molecular weight excluding hydrogens is 489 g/mol. The van der Waals surface area contributed by atoms with Gasteiger partial charge in [0.25, 0.3) is 5.69 Å². The van der Waals surface area contributed by atoms with Gasteiger partial charge >= 0.3 is 0 Å². The maximum atomic E-state index is 10.8. The van der Waals surface area contributed by atoms with Crippen molar-refractivity contribution in [3.63, 3.8) is 0 Å². The highest BCUT2D eigenvalue weighted by Crippen LogP contribution is 2.25. The molecule has 0 aliphatic heterocycles. The van der Waals surface area contributed by atoms with Crippen molar-refractivity contribution in [2.75, 3.05) is 7.11 Å². The summed E-state index contributed by atoms with van der Waals surface area (Å²) in [5.41, 5.74) is 2.53. The lowest BCUT2D eigenvalue weighted by molar-refractivity contribution is -0.384. The number of nitro benzene ring substituents is 1. The van der Waals surface area contributed by atoms with Crippen LogP contribution >= 0.6 is 22.6 Å². The van der Waals surface area contributed by atoms with Crippen LogP contribution in [0.5, 0.6) is 5.75 Å². The molecule has 0 amide bonds. The van der Waals surface area contributed by atoms with Crippen molar-refractivity contribution in [1.29, 1.82) is 0 Å². The Morgan fingerprint density at radius 1 is 1.14 bits per heavy atom. The van der Waals surface area contributed by atoms with E-state index in [1.54, 1.807) is 30.1 Å². The zero-order valence-electron chi connectivity index (χ0n) is 15.1. The topological polar surface area (TPSA) is 114 Å². The summed E-state index contributed by atoms with van der Waals surface area (Å²) in [6.07, 6.45) is 1.69. The number of halogens is 1. The predicted octanol–water partition coefficient (Wildman–Crippen LogP) is 3.10. The van der Waals surface area contributed by atoms with Crippen LogP contribution in [0.15, 0.2) is 54.7 Å². The normalized spacial score (nSPS) is 10.8. The third-order valence-corrected chi connectivity index (χ3v) is 5.23. The Morgan fingerprint density at radius 3 is 2.52 bits per heavy atom. The van der Waals surface area contributed by atoms with E-state index < -0.39 is 4.92 Å². The van der Waals surface area contributed by atoms with Gasteiger partial charge in [-0.1, -0.05) is 12.1 Å². The smallest absolute Gasteiger partial charge is 0.269 e. The largest absolute Gasteiger partial charge is 0.497 e. The van der Waals surface area contributed by atoms with Gasteiger partial charge in [0.05, 0.1) is 36.0 Å². The number of tetrazole rings is 1. The van der Waals surface area contributed by atoms with Crippen LogP contribution in [0.4, 0.5) is 5.69 Å². The summed E-state index contributed by atoms with van der Waals surface area (Å²) in [5, 5.41) is 27.8. The molecule has 0 unspecified atom stereocenters. The Hall–Kier alpha value is -3.35. The summed E-state index contributed by atoms with van der Waals surface area (Å²) in [6, 6.07) is 13.8. The highest BCUT2D eigenvalue weighted by atomic mass is 127. The van der Waals surface area contributed by atoms with Crippen LogP contribution in [-0.4, -0.2) is 42.0 Å². The number of ether oxygens (including phenoxy) is 1. The fourth-order valence-electron chi connectivity index (χ4n) is 2.69. The number of aromatic nitrogens is 6. The van der Waals surface area contributed by atoms with Gasteiger partial charge in [0, 0.05) is 12.1 Å². The lowest BCUT2D eigenvalue weighted by atomic mass is 10.2. The zero-order chi connectivity index (χ0) is 20.4. The molecule has 0 saturated heterocycles. The molecule has 0 aliphatic rings. The Labute approximate surface area is 178 Å². The number of rotatable bonds is 6. The minimum atomic E-state index is -0.433. The van der Waals surface area contributed by atoms with Crippen molar-refractivity contribution >= 4 is 28.3 Å². The summed E-state index contributed by atoms with van der Waals surface area (Å²) in [4.78, 5) is 11.8. The number of methoxy groups -OCH3 is 1. The maximum absolute atomic E-state index is 10.8. The molecule has 2 aromatic heterocycles. The molecule has 2 aromatic carbocycles. The summed E-state index contributed by atoms with van der Waals surface area (Å²) in [6.45, 7) is 0.355. The fourth-order valence-corrected chi connectivity index (χ4v) is 3.47.